The summed E-state index contributed by atoms with van der Waals surface area (Å²) in [6, 6.07) is 10.0. The standard InChI is InChI=1S/C20H14O4/c1-9-3-5-11-13(7-9)19(23)15(17(11)21)16-18(22)12-6-4-10(2)8-14(12)20(16)24/h3-8,15-16H,1-2H3. The summed E-state index contributed by atoms with van der Waals surface area (Å²) < 4.78 is 0. The highest BCUT2D eigenvalue weighted by Crippen LogP contribution is 2.39. The highest BCUT2D eigenvalue weighted by atomic mass is 16.2. The van der Waals surface area contributed by atoms with Gasteiger partial charge in [-0.25, -0.2) is 0 Å². The third-order valence-electron chi connectivity index (χ3n) is 4.88. The Morgan fingerprint density at radius 2 is 0.875 bits per heavy atom. The maximum absolute atomic E-state index is 12.7. The van der Waals surface area contributed by atoms with E-state index in [4.69, 9.17) is 0 Å². The van der Waals surface area contributed by atoms with Crippen molar-refractivity contribution in [3.05, 3.63) is 69.8 Å². The molecule has 0 amide bonds. The van der Waals surface area contributed by atoms with Crippen molar-refractivity contribution in [2.75, 3.05) is 0 Å². The molecular formula is C20H14O4. The van der Waals surface area contributed by atoms with Crippen molar-refractivity contribution in [3.63, 3.8) is 0 Å². The maximum atomic E-state index is 12.7. The molecule has 24 heavy (non-hydrogen) atoms. The zero-order valence-corrected chi connectivity index (χ0v) is 13.3. The molecule has 0 saturated carbocycles. The molecule has 2 unspecified atom stereocenters. The van der Waals surface area contributed by atoms with Gasteiger partial charge >= 0.3 is 0 Å². The molecular weight excluding hydrogens is 304 g/mol. The van der Waals surface area contributed by atoms with Crippen LogP contribution in [-0.2, 0) is 0 Å². The molecule has 0 aromatic heterocycles. The van der Waals surface area contributed by atoms with Crippen LogP contribution in [0.3, 0.4) is 0 Å². The van der Waals surface area contributed by atoms with E-state index >= 15 is 0 Å². The predicted molar refractivity (Wildman–Crippen MR) is 86.7 cm³/mol. The third-order valence-corrected chi connectivity index (χ3v) is 4.88. The van der Waals surface area contributed by atoms with Crippen LogP contribution >= 0.6 is 0 Å². The second kappa shape index (κ2) is 4.81. The number of hydrogen-bond acceptors (Lipinski definition) is 4. The highest BCUT2D eigenvalue weighted by Gasteiger charge is 2.52. The molecule has 0 fully saturated rings. The van der Waals surface area contributed by atoms with Crippen molar-refractivity contribution < 1.29 is 19.2 Å². The highest BCUT2D eigenvalue weighted by molar-refractivity contribution is 6.35. The summed E-state index contributed by atoms with van der Waals surface area (Å²) >= 11 is 0. The molecule has 0 spiro atoms. The average molecular weight is 318 g/mol. The Bertz CT molecular complexity index is 888. The Morgan fingerprint density at radius 3 is 1.25 bits per heavy atom. The lowest BCUT2D eigenvalue weighted by atomic mass is 9.84. The third kappa shape index (κ3) is 1.80. The van der Waals surface area contributed by atoms with Gasteiger partial charge in [0.1, 0.15) is 11.8 Å². The number of fused-ring (bicyclic) bond motifs is 2. The van der Waals surface area contributed by atoms with Crippen LogP contribution in [0.5, 0.6) is 0 Å². The Kier molecular flexibility index (Phi) is 2.94. The number of Topliss-reactive ketones (excluding diaryl/α,β-unsaturated/α-hetero) is 4. The van der Waals surface area contributed by atoms with Crippen LogP contribution < -0.4 is 0 Å². The Balaban J connectivity index is 1.82. The molecule has 0 bridgehead atoms. The summed E-state index contributed by atoms with van der Waals surface area (Å²) in [6.45, 7) is 3.66. The SMILES string of the molecule is Cc1ccc2c(c1)C(=O)C(C1C(=O)c3ccc(C)cc3C1=O)C2=O. The smallest absolute Gasteiger partial charge is 0.175 e. The average Bonchev–Trinajstić information content (AvgIpc) is 2.92. The quantitative estimate of drug-likeness (QED) is 0.758. The van der Waals surface area contributed by atoms with Crippen LogP contribution in [0.1, 0.15) is 52.6 Å². The van der Waals surface area contributed by atoms with Crippen molar-refractivity contribution in [2.24, 2.45) is 11.8 Å². The lowest BCUT2D eigenvalue weighted by Crippen LogP contribution is -2.33. The van der Waals surface area contributed by atoms with Crippen molar-refractivity contribution in [2.45, 2.75) is 13.8 Å². The molecule has 4 nitrogen and oxygen atoms in total. The van der Waals surface area contributed by atoms with Crippen LogP contribution in [0.2, 0.25) is 0 Å². The topological polar surface area (TPSA) is 68.3 Å². The van der Waals surface area contributed by atoms with Gasteiger partial charge in [0, 0.05) is 22.3 Å². The van der Waals surface area contributed by atoms with Crippen molar-refractivity contribution in [1.29, 1.82) is 0 Å². The van der Waals surface area contributed by atoms with Crippen LogP contribution in [0.25, 0.3) is 0 Å². The lowest BCUT2D eigenvalue weighted by Gasteiger charge is -2.12. The molecule has 2 aromatic rings. The largest absolute Gasteiger partial charge is 0.293 e. The van der Waals surface area contributed by atoms with Crippen molar-refractivity contribution >= 4 is 23.1 Å². The van der Waals surface area contributed by atoms with Crippen molar-refractivity contribution in [1.82, 2.24) is 0 Å². The van der Waals surface area contributed by atoms with E-state index in [0.717, 1.165) is 11.1 Å². The number of ketones is 4. The number of aryl methyl sites for hydroxylation is 2. The molecule has 2 aromatic carbocycles. The molecule has 2 atom stereocenters. The van der Waals surface area contributed by atoms with Crippen LogP contribution in [0, 0.1) is 25.7 Å². The summed E-state index contributed by atoms with van der Waals surface area (Å²) in [5.74, 6) is -4.15. The molecule has 4 heteroatoms. The summed E-state index contributed by atoms with van der Waals surface area (Å²) in [5, 5.41) is 0. The van der Waals surface area contributed by atoms with E-state index in [1.165, 1.54) is 0 Å². The number of rotatable bonds is 1. The van der Waals surface area contributed by atoms with Gasteiger partial charge in [-0.05, 0) is 26.0 Å². The van der Waals surface area contributed by atoms with E-state index in [-0.39, 0.29) is 0 Å². The molecule has 4 rings (SSSR count). The zero-order valence-electron chi connectivity index (χ0n) is 13.3. The van der Waals surface area contributed by atoms with E-state index < -0.39 is 35.0 Å². The van der Waals surface area contributed by atoms with E-state index in [1.54, 1.807) is 36.4 Å². The summed E-state index contributed by atoms with van der Waals surface area (Å²) in [4.78, 5) is 50.8. The maximum Gasteiger partial charge on any atom is 0.175 e. The molecule has 2 aliphatic carbocycles. The van der Waals surface area contributed by atoms with Crippen LogP contribution in [0.4, 0.5) is 0 Å². The first kappa shape index (κ1) is 14.7. The number of hydrogen-bond donors (Lipinski definition) is 0. The number of carbonyl (C=O) groups is 4. The summed E-state index contributed by atoms with van der Waals surface area (Å²) in [6.07, 6.45) is 0. The van der Waals surface area contributed by atoms with Gasteiger partial charge in [-0.1, -0.05) is 35.4 Å². The Hall–Kier alpha value is -2.88. The van der Waals surface area contributed by atoms with Gasteiger partial charge in [-0.15, -0.1) is 0 Å². The first-order chi connectivity index (χ1) is 11.4. The normalized spacial score (nSPS) is 22.1. The van der Waals surface area contributed by atoms with Gasteiger partial charge in [0.25, 0.3) is 0 Å². The lowest BCUT2D eigenvalue weighted by molar-refractivity contribution is 0.0663. The predicted octanol–water partition coefficient (Wildman–Crippen LogP) is 2.99. The fourth-order valence-corrected chi connectivity index (χ4v) is 3.67. The first-order valence-corrected chi connectivity index (χ1v) is 7.78. The zero-order chi connectivity index (χ0) is 17.2. The minimum absolute atomic E-state index is 0.309. The summed E-state index contributed by atoms with van der Waals surface area (Å²) in [5.41, 5.74) is 2.97. The molecule has 0 aliphatic heterocycles. The molecule has 0 heterocycles. The van der Waals surface area contributed by atoms with Gasteiger partial charge in [0.15, 0.2) is 23.1 Å². The fourth-order valence-electron chi connectivity index (χ4n) is 3.67. The molecule has 2 aliphatic rings. The van der Waals surface area contributed by atoms with Gasteiger partial charge in [-0.2, -0.15) is 0 Å². The van der Waals surface area contributed by atoms with Gasteiger partial charge < -0.3 is 0 Å². The number of carbonyl (C=O) groups excluding carboxylic acids is 4. The first-order valence-electron chi connectivity index (χ1n) is 7.78. The van der Waals surface area contributed by atoms with E-state index in [9.17, 15) is 19.2 Å². The minimum Gasteiger partial charge on any atom is -0.293 e. The molecule has 0 N–H and O–H groups in total. The second-order valence-electron chi connectivity index (χ2n) is 6.51. The molecule has 118 valence electrons. The second-order valence-corrected chi connectivity index (χ2v) is 6.51. The fraction of sp³-hybridized carbons (Fsp3) is 0.200. The minimum atomic E-state index is -1.23. The van der Waals surface area contributed by atoms with Crippen LogP contribution in [-0.4, -0.2) is 23.1 Å². The van der Waals surface area contributed by atoms with Gasteiger partial charge in [0.05, 0.1) is 0 Å². The summed E-state index contributed by atoms with van der Waals surface area (Å²) in [7, 11) is 0. The van der Waals surface area contributed by atoms with Crippen molar-refractivity contribution in [3.8, 4) is 0 Å². The van der Waals surface area contributed by atoms with Crippen LogP contribution in [0.15, 0.2) is 36.4 Å². The Labute approximate surface area is 138 Å². The number of benzene rings is 2. The monoisotopic (exact) mass is 318 g/mol. The van der Waals surface area contributed by atoms with E-state index in [2.05, 4.69) is 0 Å². The Morgan fingerprint density at radius 1 is 0.542 bits per heavy atom. The van der Waals surface area contributed by atoms with E-state index in [1.807, 2.05) is 13.8 Å². The van der Waals surface area contributed by atoms with Gasteiger partial charge in [-0.3, -0.25) is 19.2 Å². The van der Waals surface area contributed by atoms with Gasteiger partial charge in [0.2, 0.25) is 0 Å². The molecule has 0 saturated heterocycles. The molecule has 0 radical (unpaired) electrons. The van der Waals surface area contributed by atoms with E-state index in [0.29, 0.717) is 22.3 Å².